The van der Waals surface area contributed by atoms with E-state index in [9.17, 15) is 18.3 Å². The van der Waals surface area contributed by atoms with Crippen LogP contribution in [0.25, 0.3) is 22.0 Å². The van der Waals surface area contributed by atoms with Gasteiger partial charge >= 0.3 is 6.18 Å². The first-order valence-corrected chi connectivity index (χ1v) is 9.74. The molecule has 5 heteroatoms. The van der Waals surface area contributed by atoms with Crippen LogP contribution in [0.1, 0.15) is 30.4 Å². The lowest BCUT2D eigenvalue weighted by Crippen LogP contribution is -2.09. The molecule has 0 saturated heterocycles. The van der Waals surface area contributed by atoms with E-state index in [1.165, 1.54) is 12.3 Å². The molecular formula is C25H20F3NO. The van der Waals surface area contributed by atoms with Crippen molar-refractivity contribution >= 4 is 10.9 Å². The van der Waals surface area contributed by atoms with Crippen LogP contribution in [-0.4, -0.2) is 10.1 Å². The van der Waals surface area contributed by atoms with E-state index in [0.29, 0.717) is 16.5 Å². The van der Waals surface area contributed by atoms with Gasteiger partial charge in [-0.05, 0) is 29.7 Å². The molecule has 1 atom stereocenters. The first-order chi connectivity index (χ1) is 14.4. The number of phenols is 1. The quantitative estimate of drug-likeness (QED) is 0.499. The number of benzene rings is 2. The zero-order valence-electron chi connectivity index (χ0n) is 16.3. The van der Waals surface area contributed by atoms with Gasteiger partial charge in [0.05, 0.1) is 11.1 Å². The summed E-state index contributed by atoms with van der Waals surface area (Å²) in [5.74, 6) is -0.156. The first-order valence-electron chi connectivity index (χ1n) is 9.74. The molecule has 30 heavy (non-hydrogen) atoms. The molecule has 0 amide bonds. The van der Waals surface area contributed by atoms with Gasteiger partial charge in [0.1, 0.15) is 5.75 Å². The fourth-order valence-electron chi connectivity index (χ4n) is 3.96. The predicted octanol–water partition coefficient (Wildman–Crippen LogP) is 7.17. The number of fused-ring (bicyclic) bond motifs is 1. The Morgan fingerprint density at radius 2 is 1.87 bits per heavy atom. The third-order valence-electron chi connectivity index (χ3n) is 5.24. The van der Waals surface area contributed by atoms with Crippen molar-refractivity contribution in [3.05, 3.63) is 95.7 Å². The Bertz CT molecular complexity index is 1190. The summed E-state index contributed by atoms with van der Waals surface area (Å²) >= 11 is 0. The molecule has 3 aromatic rings. The number of alkyl halides is 3. The second-order valence-electron chi connectivity index (χ2n) is 7.14. The van der Waals surface area contributed by atoms with Gasteiger partial charge in [0, 0.05) is 28.6 Å². The minimum Gasteiger partial charge on any atom is -0.507 e. The molecule has 0 bridgehead atoms. The standard InChI is InChI=1S/C25H20F3NO/c1-2-8-16-9-3-4-10-17(16)20-15-29-24-19(12-7-13-21(24)25(26,27)28)23(20)18-11-5-6-14-22(18)30/h3-15,17,30H,2H2,1H3. The van der Waals surface area contributed by atoms with Crippen molar-refractivity contribution in [3.8, 4) is 16.9 Å². The summed E-state index contributed by atoms with van der Waals surface area (Å²) in [5.41, 5.74) is 1.94. The van der Waals surface area contributed by atoms with Gasteiger partial charge in [0.15, 0.2) is 0 Å². The molecule has 2 nitrogen and oxygen atoms in total. The van der Waals surface area contributed by atoms with Crippen molar-refractivity contribution in [1.82, 2.24) is 4.98 Å². The number of halogens is 3. The number of nitrogens with zero attached hydrogens (tertiary/aromatic N) is 1. The smallest absolute Gasteiger partial charge is 0.418 e. The molecule has 152 valence electrons. The predicted molar refractivity (Wildman–Crippen MR) is 113 cm³/mol. The number of aromatic hydroxyl groups is 1. The fraction of sp³-hybridized carbons (Fsp3) is 0.160. The summed E-state index contributed by atoms with van der Waals surface area (Å²) in [6.45, 7) is 2.04. The van der Waals surface area contributed by atoms with E-state index in [2.05, 4.69) is 11.1 Å². The Morgan fingerprint density at radius 3 is 2.60 bits per heavy atom. The van der Waals surface area contributed by atoms with Crippen molar-refractivity contribution in [2.45, 2.75) is 25.4 Å². The van der Waals surface area contributed by atoms with Crippen molar-refractivity contribution in [3.63, 3.8) is 0 Å². The van der Waals surface area contributed by atoms with Crippen LogP contribution in [0.4, 0.5) is 13.2 Å². The molecular weight excluding hydrogens is 387 g/mol. The molecule has 0 saturated carbocycles. The second-order valence-corrected chi connectivity index (χ2v) is 7.14. The Kier molecular flexibility index (Phi) is 5.20. The third-order valence-corrected chi connectivity index (χ3v) is 5.24. The molecule has 0 aliphatic heterocycles. The Hall–Kier alpha value is -3.34. The maximum absolute atomic E-state index is 13.6. The summed E-state index contributed by atoms with van der Waals surface area (Å²) < 4.78 is 40.9. The zero-order valence-corrected chi connectivity index (χ0v) is 16.3. The van der Waals surface area contributed by atoms with E-state index < -0.39 is 11.7 Å². The highest BCUT2D eigenvalue weighted by atomic mass is 19.4. The van der Waals surface area contributed by atoms with Crippen molar-refractivity contribution in [2.24, 2.45) is 0 Å². The SMILES string of the molecule is CCC=C1C=CC=CC1c1cnc2c(C(F)(F)F)cccc2c1-c1ccccc1O. The number of hydrogen-bond acceptors (Lipinski definition) is 2. The zero-order chi connectivity index (χ0) is 21.3. The largest absolute Gasteiger partial charge is 0.507 e. The van der Waals surface area contributed by atoms with Crippen LogP contribution in [0.5, 0.6) is 5.75 Å². The van der Waals surface area contributed by atoms with Crippen molar-refractivity contribution < 1.29 is 18.3 Å². The van der Waals surface area contributed by atoms with E-state index in [1.54, 1.807) is 30.3 Å². The number of aromatic nitrogens is 1. The fourth-order valence-corrected chi connectivity index (χ4v) is 3.96. The highest BCUT2D eigenvalue weighted by molar-refractivity contribution is 5.99. The number of allylic oxidation sites excluding steroid dienone is 6. The number of rotatable bonds is 3. The van der Waals surface area contributed by atoms with Crippen molar-refractivity contribution in [2.75, 3.05) is 0 Å². The summed E-state index contributed by atoms with van der Waals surface area (Å²) in [6, 6.07) is 10.8. The van der Waals surface area contributed by atoms with Gasteiger partial charge in [0.25, 0.3) is 0 Å². The molecule has 1 N–H and O–H groups in total. The van der Waals surface area contributed by atoms with Gasteiger partial charge in [-0.1, -0.05) is 67.6 Å². The molecule has 1 unspecified atom stereocenters. The van der Waals surface area contributed by atoms with E-state index in [1.807, 2.05) is 31.2 Å². The van der Waals surface area contributed by atoms with E-state index in [0.717, 1.165) is 23.6 Å². The monoisotopic (exact) mass is 407 g/mol. The summed E-state index contributed by atoms with van der Waals surface area (Å²) in [4.78, 5) is 4.25. The molecule has 1 aliphatic carbocycles. The Labute approximate surface area is 172 Å². The van der Waals surface area contributed by atoms with Crippen LogP contribution in [0.3, 0.4) is 0 Å². The van der Waals surface area contributed by atoms with E-state index >= 15 is 0 Å². The van der Waals surface area contributed by atoms with Gasteiger partial charge in [-0.2, -0.15) is 13.2 Å². The highest BCUT2D eigenvalue weighted by Crippen LogP contribution is 2.44. The minimum atomic E-state index is -4.52. The minimum absolute atomic E-state index is 0.0139. The van der Waals surface area contributed by atoms with Crippen LogP contribution < -0.4 is 0 Å². The molecule has 1 aromatic heterocycles. The van der Waals surface area contributed by atoms with Crippen molar-refractivity contribution in [1.29, 1.82) is 0 Å². The average Bonchev–Trinajstić information content (AvgIpc) is 2.73. The third kappa shape index (κ3) is 3.52. The van der Waals surface area contributed by atoms with Crippen LogP contribution in [0, 0.1) is 0 Å². The number of pyridine rings is 1. The van der Waals surface area contributed by atoms with Gasteiger partial charge < -0.3 is 5.11 Å². The molecule has 0 spiro atoms. The Morgan fingerprint density at radius 1 is 1.07 bits per heavy atom. The lowest BCUT2D eigenvalue weighted by molar-refractivity contribution is -0.136. The number of phenolic OH excluding ortho intramolecular Hbond substituents is 1. The molecule has 1 aliphatic rings. The highest BCUT2D eigenvalue weighted by Gasteiger charge is 2.34. The summed E-state index contributed by atoms with van der Waals surface area (Å²) in [5, 5.41) is 10.9. The van der Waals surface area contributed by atoms with Crippen LogP contribution >= 0.6 is 0 Å². The Balaban J connectivity index is 2.08. The number of hydrogen-bond donors (Lipinski definition) is 1. The molecule has 4 rings (SSSR count). The van der Waals surface area contributed by atoms with Crippen LogP contribution in [0.15, 0.2) is 84.6 Å². The van der Waals surface area contributed by atoms with Gasteiger partial charge in [0.2, 0.25) is 0 Å². The van der Waals surface area contributed by atoms with E-state index in [4.69, 9.17) is 0 Å². The van der Waals surface area contributed by atoms with Gasteiger partial charge in [-0.3, -0.25) is 4.98 Å². The average molecular weight is 407 g/mol. The van der Waals surface area contributed by atoms with E-state index in [-0.39, 0.29) is 17.2 Å². The normalized spacial score (nSPS) is 17.7. The lowest BCUT2D eigenvalue weighted by Gasteiger charge is -2.23. The van der Waals surface area contributed by atoms with Gasteiger partial charge in [-0.25, -0.2) is 0 Å². The first kappa shape index (κ1) is 20.0. The maximum atomic E-state index is 13.6. The number of para-hydroxylation sites is 2. The molecule has 0 radical (unpaired) electrons. The maximum Gasteiger partial charge on any atom is 0.418 e. The van der Waals surface area contributed by atoms with Crippen LogP contribution in [-0.2, 0) is 6.18 Å². The topological polar surface area (TPSA) is 33.1 Å². The molecule has 1 heterocycles. The second kappa shape index (κ2) is 7.82. The van der Waals surface area contributed by atoms with Gasteiger partial charge in [-0.15, -0.1) is 0 Å². The van der Waals surface area contributed by atoms with Crippen LogP contribution in [0.2, 0.25) is 0 Å². The molecule has 2 aromatic carbocycles. The summed E-state index contributed by atoms with van der Waals surface area (Å²) in [6.07, 6.45) is 7.77. The molecule has 0 fully saturated rings. The summed E-state index contributed by atoms with van der Waals surface area (Å²) in [7, 11) is 0. The lowest BCUT2D eigenvalue weighted by atomic mass is 9.82.